The maximum Gasteiger partial charge on any atom is 0.135 e. The van der Waals surface area contributed by atoms with Crippen molar-refractivity contribution in [3.8, 4) is 0 Å². The number of nitrogens with two attached hydrogens (primary N) is 1. The van der Waals surface area contributed by atoms with Crippen molar-refractivity contribution in [1.82, 2.24) is 0 Å². The van der Waals surface area contributed by atoms with Crippen LogP contribution < -0.4 is 5.73 Å². The first kappa shape index (κ1) is 12.4. The van der Waals surface area contributed by atoms with Crippen molar-refractivity contribution in [2.45, 2.75) is 32.7 Å². The van der Waals surface area contributed by atoms with Crippen molar-refractivity contribution in [1.29, 1.82) is 0 Å². The predicted molar refractivity (Wildman–Crippen MR) is 75.1 cm³/mol. The van der Waals surface area contributed by atoms with Gasteiger partial charge in [-0.15, -0.1) is 0 Å². The summed E-state index contributed by atoms with van der Waals surface area (Å²) in [5.74, 6) is 0.568. The highest BCUT2D eigenvalue weighted by Gasteiger charge is 2.28. The van der Waals surface area contributed by atoms with Crippen molar-refractivity contribution in [2.75, 3.05) is 0 Å². The van der Waals surface area contributed by atoms with E-state index in [0.717, 1.165) is 29.6 Å². The summed E-state index contributed by atoms with van der Waals surface area (Å²) in [4.78, 5) is 0. The van der Waals surface area contributed by atoms with E-state index < -0.39 is 0 Å². The summed E-state index contributed by atoms with van der Waals surface area (Å²) in [6.45, 7) is 4.42. The van der Waals surface area contributed by atoms with Crippen molar-refractivity contribution in [3.05, 3.63) is 41.9 Å². The lowest BCUT2D eigenvalue weighted by molar-refractivity contribution is 0.316. The quantitative estimate of drug-likeness (QED) is 0.837. The fourth-order valence-electron chi connectivity index (χ4n) is 2.94. The highest BCUT2D eigenvalue weighted by atomic mass is 19.1. The molecule has 2 aromatic rings. The second kappa shape index (κ2) is 4.20. The molecule has 0 fully saturated rings. The largest absolute Gasteiger partial charge is 0.456 e. The van der Waals surface area contributed by atoms with Gasteiger partial charge in [0.05, 0.1) is 0 Å². The number of benzene rings is 1. The SMILES string of the molecule is CC1(C)CC(c2cc3cc(F)ccc3o2)=CC(N)C1. The predicted octanol–water partition coefficient (Wildman–Crippen LogP) is 4.10. The summed E-state index contributed by atoms with van der Waals surface area (Å²) in [7, 11) is 0. The van der Waals surface area contributed by atoms with Gasteiger partial charge in [-0.1, -0.05) is 19.9 Å². The normalized spacial score (nSPS) is 22.5. The second-order valence-electron chi connectivity index (χ2n) is 6.19. The van der Waals surface area contributed by atoms with Crippen LogP contribution in [0.2, 0.25) is 0 Å². The summed E-state index contributed by atoms with van der Waals surface area (Å²) in [6, 6.07) is 6.54. The van der Waals surface area contributed by atoms with Gasteiger partial charge >= 0.3 is 0 Å². The number of furan rings is 1. The number of rotatable bonds is 1. The molecule has 3 heteroatoms. The summed E-state index contributed by atoms with van der Waals surface area (Å²) in [5.41, 5.74) is 8.09. The van der Waals surface area contributed by atoms with E-state index >= 15 is 0 Å². The molecule has 1 unspecified atom stereocenters. The Morgan fingerprint density at radius 2 is 2.11 bits per heavy atom. The fraction of sp³-hybridized carbons (Fsp3) is 0.375. The molecule has 100 valence electrons. The molecule has 1 aliphatic rings. The third-order valence-corrected chi connectivity index (χ3v) is 3.67. The van der Waals surface area contributed by atoms with Crippen LogP contribution in [0, 0.1) is 11.2 Å². The number of halogens is 1. The molecule has 1 aliphatic carbocycles. The topological polar surface area (TPSA) is 39.2 Å². The van der Waals surface area contributed by atoms with Gasteiger partial charge in [-0.05, 0) is 48.1 Å². The summed E-state index contributed by atoms with van der Waals surface area (Å²) < 4.78 is 19.0. The maximum atomic E-state index is 13.2. The van der Waals surface area contributed by atoms with Crippen molar-refractivity contribution < 1.29 is 8.81 Å². The summed E-state index contributed by atoms with van der Waals surface area (Å²) in [5, 5.41) is 0.799. The Morgan fingerprint density at radius 1 is 1.32 bits per heavy atom. The van der Waals surface area contributed by atoms with Crippen molar-refractivity contribution in [3.63, 3.8) is 0 Å². The number of allylic oxidation sites excluding steroid dienone is 1. The minimum atomic E-state index is -0.241. The van der Waals surface area contributed by atoms with Gasteiger partial charge in [0.1, 0.15) is 17.2 Å². The van der Waals surface area contributed by atoms with E-state index in [2.05, 4.69) is 19.9 Å². The molecule has 1 heterocycles. The molecule has 1 aromatic heterocycles. The van der Waals surface area contributed by atoms with Crippen LogP contribution in [-0.4, -0.2) is 6.04 Å². The lowest BCUT2D eigenvalue weighted by Crippen LogP contribution is -2.30. The molecule has 2 nitrogen and oxygen atoms in total. The zero-order chi connectivity index (χ0) is 13.6. The zero-order valence-electron chi connectivity index (χ0n) is 11.2. The lowest BCUT2D eigenvalue weighted by Gasteiger charge is -2.32. The van der Waals surface area contributed by atoms with E-state index in [1.165, 1.54) is 12.1 Å². The zero-order valence-corrected chi connectivity index (χ0v) is 11.2. The van der Waals surface area contributed by atoms with E-state index in [0.29, 0.717) is 5.58 Å². The van der Waals surface area contributed by atoms with Crippen LogP contribution in [0.1, 0.15) is 32.4 Å². The first-order valence-corrected chi connectivity index (χ1v) is 6.59. The first-order chi connectivity index (χ1) is 8.93. The molecule has 1 atom stereocenters. The van der Waals surface area contributed by atoms with Gasteiger partial charge in [-0.3, -0.25) is 0 Å². The lowest BCUT2D eigenvalue weighted by atomic mass is 9.75. The van der Waals surface area contributed by atoms with Crippen molar-refractivity contribution >= 4 is 16.5 Å². The Hall–Kier alpha value is -1.61. The van der Waals surface area contributed by atoms with Crippen LogP contribution >= 0.6 is 0 Å². The summed E-state index contributed by atoms with van der Waals surface area (Å²) in [6.07, 6.45) is 3.98. The van der Waals surface area contributed by atoms with E-state index in [1.807, 2.05) is 6.07 Å². The van der Waals surface area contributed by atoms with Crippen LogP contribution in [0.3, 0.4) is 0 Å². The van der Waals surface area contributed by atoms with Gasteiger partial charge in [-0.25, -0.2) is 4.39 Å². The second-order valence-corrected chi connectivity index (χ2v) is 6.19. The van der Waals surface area contributed by atoms with Crippen LogP contribution in [0.15, 0.2) is 34.8 Å². The van der Waals surface area contributed by atoms with E-state index in [-0.39, 0.29) is 17.3 Å². The van der Waals surface area contributed by atoms with E-state index in [9.17, 15) is 4.39 Å². The van der Waals surface area contributed by atoms with Gasteiger partial charge in [0.25, 0.3) is 0 Å². The molecule has 0 spiro atoms. The van der Waals surface area contributed by atoms with Gasteiger partial charge in [-0.2, -0.15) is 0 Å². The smallest absolute Gasteiger partial charge is 0.135 e. The molecule has 1 aromatic carbocycles. The van der Waals surface area contributed by atoms with Crippen LogP contribution in [0.25, 0.3) is 16.5 Å². The molecular formula is C16H18FNO. The standard InChI is InChI=1S/C16H18FNO/c1-16(2)8-11(6-13(18)9-16)15-7-10-5-12(17)3-4-14(10)19-15/h3-7,13H,8-9,18H2,1-2H3. The molecule has 2 N–H and O–H groups in total. The number of hydrogen-bond donors (Lipinski definition) is 1. The van der Waals surface area contributed by atoms with E-state index in [4.69, 9.17) is 10.2 Å². The Labute approximate surface area is 112 Å². The molecule has 0 saturated carbocycles. The Balaban J connectivity index is 2.04. The highest BCUT2D eigenvalue weighted by Crippen LogP contribution is 2.40. The van der Waals surface area contributed by atoms with Crippen LogP contribution in [0.4, 0.5) is 4.39 Å². The molecule has 0 radical (unpaired) electrons. The van der Waals surface area contributed by atoms with Gasteiger partial charge in [0, 0.05) is 11.4 Å². The number of fused-ring (bicyclic) bond motifs is 1. The average Bonchev–Trinajstić information content (AvgIpc) is 2.69. The molecule has 0 saturated heterocycles. The van der Waals surface area contributed by atoms with Gasteiger partial charge in [0.15, 0.2) is 0 Å². The first-order valence-electron chi connectivity index (χ1n) is 6.59. The fourth-order valence-corrected chi connectivity index (χ4v) is 2.94. The summed E-state index contributed by atoms with van der Waals surface area (Å²) >= 11 is 0. The minimum absolute atomic E-state index is 0.0590. The Bertz CT molecular complexity index is 654. The molecule has 0 aliphatic heterocycles. The van der Waals surface area contributed by atoms with E-state index in [1.54, 1.807) is 6.07 Å². The maximum absolute atomic E-state index is 13.2. The third-order valence-electron chi connectivity index (χ3n) is 3.67. The van der Waals surface area contributed by atoms with Crippen LogP contribution in [-0.2, 0) is 0 Å². The minimum Gasteiger partial charge on any atom is -0.456 e. The molecule has 3 rings (SSSR count). The van der Waals surface area contributed by atoms with Crippen molar-refractivity contribution in [2.24, 2.45) is 11.1 Å². The molecular weight excluding hydrogens is 241 g/mol. The monoisotopic (exact) mass is 259 g/mol. The highest BCUT2D eigenvalue weighted by molar-refractivity contribution is 5.82. The van der Waals surface area contributed by atoms with Gasteiger partial charge in [0.2, 0.25) is 0 Å². The third kappa shape index (κ3) is 2.43. The Morgan fingerprint density at radius 3 is 2.84 bits per heavy atom. The number of hydrogen-bond acceptors (Lipinski definition) is 2. The van der Waals surface area contributed by atoms with Gasteiger partial charge < -0.3 is 10.2 Å². The average molecular weight is 259 g/mol. The molecule has 0 amide bonds. The Kier molecular flexibility index (Phi) is 2.75. The molecule has 0 bridgehead atoms. The molecule has 19 heavy (non-hydrogen) atoms. The van der Waals surface area contributed by atoms with Crippen LogP contribution in [0.5, 0.6) is 0 Å².